The summed E-state index contributed by atoms with van der Waals surface area (Å²) in [5.74, 6) is -0.0579. The van der Waals surface area contributed by atoms with Crippen LogP contribution in [0.1, 0.15) is 12.8 Å². The number of carbonyl (C=O) groups excluding carboxylic acids is 1. The van der Waals surface area contributed by atoms with E-state index in [4.69, 9.17) is 0 Å². The first-order valence-corrected chi connectivity index (χ1v) is 9.47. The van der Waals surface area contributed by atoms with Crippen molar-refractivity contribution in [2.75, 3.05) is 6.54 Å². The first-order chi connectivity index (χ1) is 13.7. The number of aryl methyl sites for hydroxylation is 2. The van der Waals surface area contributed by atoms with Gasteiger partial charge in [0.05, 0.1) is 17.2 Å². The molecule has 0 aliphatic carbocycles. The Labute approximate surface area is 162 Å². The fraction of sp³-hybridized carbons (Fsp3) is 0.227. The summed E-state index contributed by atoms with van der Waals surface area (Å²) in [7, 11) is 0. The predicted octanol–water partition coefficient (Wildman–Crippen LogP) is 2.95. The zero-order chi connectivity index (χ0) is 19.3. The molecule has 4 rings (SSSR count). The Bertz CT molecular complexity index is 1180. The molecule has 0 unspecified atom stereocenters. The lowest BCUT2D eigenvalue weighted by Gasteiger charge is -2.09. The molecule has 4 aromatic rings. The molecule has 2 heterocycles. The summed E-state index contributed by atoms with van der Waals surface area (Å²) in [6.45, 7) is 1.78. The second-order valence-electron chi connectivity index (χ2n) is 6.78. The SMILES string of the molecule is O=C(CCn1cnc2ccccc2c1=O)NCCCn1ccc2ccccc21. The molecule has 0 bridgehead atoms. The summed E-state index contributed by atoms with van der Waals surface area (Å²) in [5, 5.41) is 4.73. The molecule has 0 saturated heterocycles. The maximum Gasteiger partial charge on any atom is 0.261 e. The van der Waals surface area contributed by atoms with Crippen LogP contribution in [0.3, 0.4) is 0 Å². The van der Waals surface area contributed by atoms with Gasteiger partial charge < -0.3 is 9.88 Å². The molecular weight excluding hydrogens is 352 g/mol. The molecule has 28 heavy (non-hydrogen) atoms. The van der Waals surface area contributed by atoms with E-state index in [0.717, 1.165) is 13.0 Å². The van der Waals surface area contributed by atoms with Gasteiger partial charge in [-0.3, -0.25) is 14.2 Å². The molecule has 0 fully saturated rings. The van der Waals surface area contributed by atoms with Gasteiger partial charge in [0.2, 0.25) is 5.91 Å². The highest BCUT2D eigenvalue weighted by atomic mass is 16.1. The van der Waals surface area contributed by atoms with E-state index in [2.05, 4.69) is 39.3 Å². The molecular formula is C22H22N4O2. The number of nitrogens with one attached hydrogen (secondary N) is 1. The number of fused-ring (bicyclic) bond motifs is 2. The Hall–Kier alpha value is -3.41. The van der Waals surface area contributed by atoms with Crippen LogP contribution in [0.4, 0.5) is 0 Å². The molecule has 6 nitrogen and oxygen atoms in total. The van der Waals surface area contributed by atoms with Crippen LogP contribution in [-0.2, 0) is 17.9 Å². The zero-order valence-electron chi connectivity index (χ0n) is 15.5. The minimum atomic E-state index is -0.113. The molecule has 0 aliphatic rings. The molecule has 0 atom stereocenters. The summed E-state index contributed by atoms with van der Waals surface area (Å²) in [4.78, 5) is 28.8. The standard InChI is InChI=1S/C22H22N4O2/c27-21(11-15-26-16-24-19-8-3-2-7-18(19)22(26)28)23-12-5-13-25-14-10-17-6-1-4-9-20(17)25/h1-4,6-10,14,16H,5,11-13,15H2,(H,23,27). The first kappa shape index (κ1) is 18.0. The molecule has 6 heteroatoms. The van der Waals surface area contributed by atoms with E-state index in [1.54, 1.807) is 6.07 Å². The van der Waals surface area contributed by atoms with Gasteiger partial charge in [-0.2, -0.15) is 0 Å². The Balaban J connectivity index is 1.26. The summed E-state index contributed by atoms with van der Waals surface area (Å²) in [5.41, 5.74) is 1.76. The number of para-hydroxylation sites is 2. The molecule has 2 aromatic heterocycles. The van der Waals surface area contributed by atoms with Gasteiger partial charge >= 0.3 is 0 Å². The van der Waals surface area contributed by atoms with Crippen LogP contribution in [0.15, 0.2) is 71.9 Å². The molecule has 0 saturated carbocycles. The number of nitrogens with zero attached hydrogens (tertiary/aromatic N) is 3. The molecule has 0 spiro atoms. The van der Waals surface area contributed by atoms with Crippen LogP contribution in [0.25, 0.3) is 21.8 Å². The van der Waals surface area contributed by atoms with Gasteiger partial charge in [-0.05, 0) is 36.1 Å². The fourth-order valence-electron chi connectivity index (χ4n) is 3.39. The average Bonchev–Trinajstić information content (AvgIpc) is 3.14. The number of benzene rings is 2. The number of hydrogen-bond acceptors (Lipinski definition) is 3. The van der Waals surface area contributed by atoms with Gasteiger partial charge in [-0.15, -0.1) is 0 Å². The number of amides is 1. The normalized spacial score (nSPS) is 11.1. The third-order valence-corrected chi connectivity index (χ3v) is 4.89. The second kappa shape index (κ2) is 8.08. The molecule has 142 valence electrons. The van der Waals surface area contributed by atoms with Crippen molar-refractivity contribution in [1.29, 1.82) is 0 Å². The van der Waals surface area contributed by atoms with E-state index in [1.807, 2.05) is 30.3 Å². The summed E-state index contributed by atoms with van der Waals surface area (Å²) >= 11 is 0. The van der Waals surface area contributed by atoms with Crippen molar-refractivity contribution in [2.45, 2.75) is 25.9 Å². The van der Waals surface area contributed by atoms with Gasteiger partial charge in [-0.1, -0.05) is 30.3 Å². The van der Waals surface area contributed by atoms with Crippen LogP contribution in [0.5, 0.6) is 0 Å². The van der Waals surface area contributed by atoms with Crippen molar-refractivity contribution in [1.82, 2.24) is 19.4 Å². The second-order valence-corrected chi connectivity index (χ2v) is 6.78. The summed E-state index contributed by atoms with van der Waals surface area (Å²) in [6, 6.07) is 17.6. The van der Waals surface area contributed by atoms with E-state index in [-0.39, 0.29) is 17.9 Å². The molecule has 1 N–H and O–H groups in total. The Kier molecular flexibility index (Phi) is 5.19. The van der Waals surface area contributed by atoms with Gasteiger partial charge in [0.25, 0.3) is 5.56 Å². The lowest BCUT2D eigenvalue weighted by atomic mass is 10.2. The highest BCUT2D eigenvalue weighted by Gasteiger charge is 2.06. The minimum absolute atomic E-state index is 0.0579. The smallest absolute Gasteiger partial charge is 0.261 e. The Morgan fingerprint density at radius 1 is 0.964 bits per heavy atom. The van der Waals surface area contributed by atoms with Crippen LogP contribution in [0.2, 0.25) is 0 Å². The van der Waals surface area contributed by atoms with Crippen molar-refractivity contribution < 1.29 is 4.79 Å². The highest BCUT2D eigenvalue weighted by Crippen LogP contribution is 2.15. The fourth-order valence-corrected chi connectivity index (χ4v) is 3.39. The average molecular weight is 374 g/mol. The first-order valence-electron chi connectivity index (χ1n) is 9.47. The molecule has 0 aliphatic heterocycles. The van der Waals surface area contributed by atoms with Crippen molar-refractivity contribution >= 4 is 27.7 Å². The summed E-state index contributed by atoms with van der Waals surface area (Å²) in [6.07, 6.45) is 4.69. The third kappa shape index (κ3) is 3.81. The van der Waals surface area contributed by atoms with E-state index in [1.165, 1.54) is 21.8 Å². The monoisotopic (exact) mass is 374 g/mol. The maximum atomic E-state index is 12.4. The number of rotatable bonds is 7. The van der Waals surface area contributed by atoms with Crippen molar-refractivity contribution in [3.63, 3.8) is 0 Å². The topological polar surface area (TPSA) is 68.9 Å². The maximum absolute atomic E-state index is 12.4. The van der Waals surface area contributed by atoms with Gasteiger partial charge in [0, 0.05) is 37.8 Å². The highest BCUT2D eigenvalue weighted by molar-refractivity contribution is 5.80. The quantitative estimate of drug-likeness (QED) is 0.506. The van der Waals surface area contributed by atoms with E-state index < -0.39 is 0 Å². The van der Waals surface area contributed by atoms with Gasteiger partial charge in [-0.25, -0.2) is 4.98 Å². The molecule has 2 aromatic carbocycles. The number of carbonyl (C=O) groups is 1. The Morgan fingerprint density at radius 3 is 2.71 bits per heavy atom. The van der Waals surface area contributed by atoms with E-state index in [9.17, 15) is 9.59 Å². The zero-order valence-corrected chi connectivity index (χ0v) is 15.5. The lowest BCUT2D eigenvalue weighted by Crippen LogP contribution is -2.28. The number of aromatic nitrogens is 3. The van der Waals surface area contributed by atoms with Gasteiger partial charge in [0.1, 0.15) is 0 Å². The number of hydrogen-bond donors (Lipinski definition) is 1. The summed E-state index contributed by atoms with van der Waals surface area (Å²) < 4.78 is 3.69. The van der Waals surface area contributed by atoms with Crippen molar-refractivity contribution in [2.24, 2.45) is 0 Å². The lowest BCUT2D eigenvalue weighted by molar-refractivity contribution is -0.121. The molecule has 1 amide bonds. The minimum Gasteiger partial charge on any atom is -0.356 e. The van der Waals surface area contributed by atoms with E-state index in [0.29, 0.717) is 24.0 Å². The van der Waals surface area contributed by atoms with E-state index >= 15 is 0 Å². The van der Waals surface area contributed by atoms with Crippen LogP contribution >= 0.6 is 0 Å². The van der Waals surface area contributed by atoms with Crippen LogP contribution in [0, 0.1) is 0 Å². The molecule has 0 radical (unpaired) electrons. The van der Waals surface area contributed by atoms with Crippen LogP contribution < -0.4 is 10.9 Å². The van der Waals surface area contributed by atoms with Crippen LogP contribution in [-0.4, -0.2) is 26.6 Å². The van der Waals surface area contributed by atoms with Crippen molar-refractivity contribution in [3.05, 3.63) is 77.5 Å². The largest absolute Gasteiger partial charge is 0.356 e. The predicted molar refractivity (Wildman–Crippen MR) is 110 cm³/mol. The van der Waals surface area contributed by atoms with Gasteiger partial charge in [0.15, 0.2) is 0 Å². The van der Waals surface area contributed by atoms with Crippen molar-refractivity contribution in [3.8, 4) is 0 Å². The Morgan fingerprint density at radius 2 is 1.79 bits per heavy atom. The third-order valence-electron chi connectivity index (χ3n) is 4.89.